The van der Waals surface area contributed by atoms with Gasteiger partial charge in [-0.1, -0.05) is 26.7 Å². The molecule has 1 atom stereocenters. The van der Waals surface area contributed by atoms with E-state index in [1.165, 1.54) is 19.3 Å². The number of halogens is 1. The summed E-state index contributed by atoms with van der Waals surface area (Å²) in [6.45, 7) is 8.39. The third kappa shape index (κ3) is 6.93. The topological polar surface area (TPSA) is 23.6 Å². The number of carbonyl (C=O) groups is 1. The summed E-state index contributed by atoms with van der Waals surface area (Å²) in [7, 11) is 2.13. The summed E-state index contributed by atoms with van der Waals surface area (Å²) >= 11 is 0. The fourth-order valence-electron chi connectivity index (χ4n) is 2.66. The van der Waals surface area contributed by atoms with Gasteiger partial charge < -0.3 is 9.80 Å². The normalized spacial score (nSPS) is 19.8. The van der Waals surface area contributed by atoms with E-state index in [0.717, 1.165) is 45.4 Å². The van der Waals surface area contributed by atoms with Crippen molar-refractivity contribution in [2.75, 3.05) is 33.2 Å². The van der Waals surface area contributed by atoms with Crippen molar-refractivity contribution in [3.05, 3.63) is 0 Å². The number of carbonyl (C=O) groups excluding carboxylic acids is 1. The highest BCUT2D eigenvalue weighted by Crippen LogP contribution is 2.18. The second-order valence-electron chi connectivity index (χ2n) is 5.63. The van der Waals surface area contributed by atoms with Crippen molar-refractivity contribution in [1.82, 2.24) is 9.80 Å². The van der Waals surface area contributed by atoms with Gasteiger partial charge in [-0.2, -0.15) is 0 Å². The van der Waals surface area contributed by atoms with Crippen LogP contribution in [-0.2, 0) is 4.79 Å². The predicted octanol–water partition coefficient (Wildman–Crippen LogP) is 3.38. The highest BCUT2D eigenvalue weighted by atomic mass is 127. The molecule has 3 nitrogen and oxygen atoms in total. The van der Waals surface area contributed by atoms with Gasteiger partial charge >= 0.3 is 0 Å². The highest BCUT2D eigenvalue weighted by molar-refractivity contribution is 14.0. The molecule has 1 amide bonds. The lowest BCUT2D eigenvalue weighted by Gasteiger charge is -2.33. The van der Waals surface area contributed by atoms with E-state index in [-0.39, 0.29) is 29.9 Å². The molecule has 0 bridgehead atoms. The van der Waals surface area contributed by atoms with Crippen LogP contribution in [0.5, 0.6) is 0 Å². The standard InChI is InChI=1S/C15H30N2O.HI/c1-4-6-11-17(12-7-5-2)15(18)14-9-8-10-16(3)13-14;/h14H,4-13H2,1-3H3;1H. The predicted molar refractivity (Wildman–Crippen MR) is 92.0 cm³/mol. The van der Waals surface area contributed by atoms with Crippen LogP contribution in [0.3, 0.4) is 0 Å². The van der Waals surface area contributed by atoms with E-state index in [9.17, 15) is 4.79 Å². The summed E-state index contributed by atoms with van der Waals surface area (Å²) in [5.74, 6) is 0.654. The molecule has 0 aromatic rings. The summed E-state index contributed by atoms with van der Waals surface area (Å²) < 4.78 is 0. The number of hydrogen-bond acceptors (Lipinski definition) is 2. The number of unbranched alkanes of at least 4 members (excludes halogenated alkanes) is 2. The molecule has 114 valence electrons. The molecule has 19 heavy (non-hydrogen) atoms. The molecular formula is C15H31IN2O. The Kier molecular flexibility index (Phi) is 11.0. The lowest BCUT2D eigenvalue weighted by atomic mass is 9.96. The first-order chi connectivity index (χ1) is 8.69. The van der Waals surface area contributed by atoms with E-state index in [1.54, 1.807) is 0 Å². The van der Waals surface area contributed by atoms with Crippen LogP contribution in [0.2, 0.25) is 0 Å². The fourth-order valence-corrected chi connectivity index (χ4v) is 2.66. The van der Waals surface area contributed by atoms with Gasteiger partial charge in [0.1, 0.15) is 0 Å². The Hall–Kier alpha value is 0.160. The smallest absolute Gasteiger partial charge is 0.226 e. The Bertz CT molecular complexity index is 240. The maximum Gasteiger partial charge on any atom is 0.226 e. The Labute approximate surface area is 136 Å². The van der Waals surface area contributed by atoms with Crippen LogP contribution in [0.4, 0.5) is 0 Å². The molecule has 0 saturated carbocycles. The number of amides is 1. The molecule has 0 N–H and O–H groups in total. The Balaban J connectivity index is 0.00000324. The van der Waals surface area contributed by atoms with Crippen molar-refractivity contribution < 1.29 is 4.79 Å². The molecule has 1 unspecified atom stereocenters. The molecule has 0 radical (unpaired) electrons. The van der Waals surface area contributed by atoms with Crippen molar-refractivity contribution in [2.45, 2.75) is 52.4 Å². The minimum absolute atomic E-state index is 0. The number of likely N-dealkylation sites (tertiary alicyclic amines) is 1. The molecule has 4 heteroatoms. The molecule has 0 aliphatic carbocycles. The van der Waals surface area contributed by atoms with Crippen LogP contribution in [0.1, 0.15) is 52.4 Å². The molecule has 1 aliphatic heterocycles. The van der Waals surface area contributed by atoms with E-state index in [4.69, 9.17) is 0 Å². The first kappa shape index (κ1) is 19.2. The minimum atomic E-state index is 0. The SMILES string of the molecule is CCCCN(CCCC)C(=O)C1CCCN(C)C1.I. The fraction of sp³-hybridized carbons (Fsp3) is 0.933. The molecule has 1 saturated heterocycles. The zero-order chi connectivity index (χ0) is 13.4. The van der Waals surface area contributed by atoms with Crippen LogP contribution < -0.4 is 0 Å². The maximum atomic E-state index is 12.6. The number of piperidine rings is 1. The van der Waals surface area contributed by atoms with Gasteiger partial charge in [-0.25, -0.2) is 0 Å². The number of nitrogens with zero attached hydrogens (tertiary/aromatic N) is 2. The highest BCUT2D eigenvalue weighted by Gasteiger charge is 2.27. The summed E-state index contributed by atoms with van der Waals surface area (Å²) in [4.78, 5) is 17.0. The number of rotatable bonds is 7. The van der Waals surface area contributed by atoms with E-state index in [2.05, 4.69) is 30.7 Å². The molecule has 0 spiro atoms. The van der Waals surface area contributed by atoms with Gasteiger partial charge in [-0.3, -0.25) is 4.79 Å². The average Bonchev–Trinajstić information content (AvgIpc) is 2.38. The minimum Gasteiger partial charge on any atom is -0.342 e. The molecule has 1 heterocycles. The third-order valence-electron chi connectivity index (χ3n) is 3.85. The zero-order valence-electron chi connectivity index (χ0n) is 12.9. The van der Waals surface area contributed by atoms with Crippen molar-refractivity contribution in [3.63, 3.8) is 0 Å². The van der Waals surface area contributed by atoms with Crippen molar-refractivity contribution >= 4 is 29.9 Å². The Morgan fingerprint density at radius 3 is 2.26 bits per heavy atom. The van der Waals surface area contributed by atoms with Gasteiger partial charge in [0.15, 0.2) is 0 Å². The Morgan fingerprint density at radius 2 is 1.79 bits per heavy atom. The summed E-state index contributed by atoms with van der Waals surface area (Å²) in [6.07, 6.45) is 6.86. The van der Waals surface area contributed by atoms with E-state index >= 15 is 0 Å². The van der Waals surface area contributed by atoms with Crippen molar-refractivity contribution in [3.8, 4) is 0 Å². The van der Waals surface area contributed by atoms with E-state index < -0.39 is 0 Å². The third-order valence-corrected chi connectivity index (χ3v) is 3.85. The van der Waals surface area contributed by atoms with Crippen molar-refractivity contribution in [1.29, 1.82) is 0 Å². The maximum absolute atomic E-state index is 12.6. The summed E-state index contributed by atoms with van der Waals surface area (Å²) in [5.41, 5.74) is 0. The molecule has 1 rings (SSSR count). The quantitative estimate of drug-likeness (QED) is 0.631. The van der Waals surface area contributed by atoms with Crippen LogP contribution in [0.25, 0.3) is 0 Å². The molecule has 0 aromatic heterocycles. The van der Waals surface area contributed by atoms with Crippen LogP contribution in [-0.4, -0.2) is 48.9 Å². The second-order valence-corrected chi connectivity index (χ2v) is 5.63. The van der Waals surface area contributed by atoms with Crippen LogP contribution in [0.15, 0.2) is 0 Å². The summed E-state index contributed by atoms with van der Waals surface area (Å²) in [6, 6.07) is 0. The average molecular weight is 382 g/mol. The first-order valence-electron chi connectivity index (χ1n) is 7.66. The number of hydrogen-bond donors (Lipinski definition) is 0. The van der Waals surface area contributed by atoms with Crippen molar-refractivity contribution in [2.24, 2.45) is 5.92 Å². The first-order valence-corrected chi connectivity index (χ1v) is 7.66. The summed E-state index contributed by atoms with van der Waals surface area (Å²) in [5, 5.41) is 0. The van der Waals surface area contributed by atoms with Gasteiger partial charge in [0, 0.05) is 19.6 Å². The van der Waals surface area contributed by atoms with Gasteiger partial charge in [0.25, 0.3) is 0 Å². The molecular weight excluding hydrogens is 351 g/mol. The molecule has 1 aliphatic rings. The van der Waals surface area contributed by atoms with Crippen LogP contribution in [0, 0.1) is 5.92 Å². The van der Waals surface area contributed by atoms with Gasteiger partial charge in [0.05, 0.1) is 5.92 Å². The molecule has 1 fully saturated rings. The largest absolute Gasteiger partial charge is 0.342 e. The lowest BCUT2D eigenvalue weighted by molar-refractivity contribution is -0.137. The van der Waals surface area contributed by atoms with E-state index in [0.29, 0.717) is 5.91 Å². The van der Waals surface area contributed by atoms with Crippen LogP contribution >= 0.6 is 24.0 Å². The lowest BCUT2D eigenvalue weighted by Crippen LogP contribution is -2.44. The zero-order valence-corrected chi connectivity index (χ0v) is 15.2. The Morgan fingerprint density at radius 1 is 1.21 bits per heavy atom. The molecule has 0 aromatic carbocycles. The van der Waals surface area contributed by atoms with Gasteiger partial charge in [-0.15, -0.1) is 24.0 Å². The monoisotopic (exact) mass is 382 g/mol. The van der Waals surface area contributed by atoms with Gasteiger partial charge in [-0.05, 0) is 39.3 Å². The van der Waals surface area contributed by atoms with Gasteiger partial charge in [0.2, 0.25) is 5.91 Å². The van der Waals surface area contributed by atoms with E-state index in [1.807, 2.05) is 0 Å². The second kappa shape index (κ2) is 10.9.